The number of hydrogen-bond acceptors (Lipinski definition) is 4. The fourth-order valence-electron chi connectivity index (χ4n) is 1.39. The van der Waals surface area contributed by atoms with Gasteiger partial charge < -0.3 is 14.8 Å². The van der Waals surface area contributed by atoms with Crippen molar-refractivity contribution < 1.29 is 13.6 Å². The lowest BCUT2D eigenvalue weighted by Crippen LogP contribution is -2.14. The summed E-state index contributed by atoms with van der Waals surface area (Å²) in [6.45, 7) is 4.17. The molecule has 1 rings (SSSR count). The third-order valence-corrected chi connectivity index (χ3v) is 4.32. The average Bonchev–Trinajstić information content (AvgIpc) is 2.30. The summed E-state index contributed by atoms with van der Waals surface area (Å²) in [5.74, 6) is -0.728. The Morgan fingerprint density at radius 3 is 2.12 bits per heavy atom. The Hall–Kier alpha value is -0.670. The van der Waals surface area contributed by atoms with Crippen molar-refractivity contribution in [1.29, 1.82) is 0 Å². The molecule has 0 aromatic heterocycles. The summed E-state index contributed by atoms with van der Waals surface area (Å²) >= 11 is 0. The Morgan fingerprint density at radius 1 is 1.19 bits per heavy atom. The van der Waals surface area contributed by atoms with Gasteiger partial charge in [-0.2, -0.15) is 0 Å². The lowest BCUT2D eigenvalue weighted by atomic mass is 10.2. The van der Waals surface area contributed by atoms with Gasteiger partial charge in [0.05, 0.1) is 13.2 Å². The smallest absolute Gasteiger partial charge is 0.314 e. The van der Waals surface area contributed by atoms with Gasteiger partial charge in [-0.15, -0.1) is 0 Å². The predicted octanol–water partition coefficient (Wildman–Crippen LogP) is 2.91. The number of benzene rings is 1. The molecule has 0 aliphatic rings. The topological polar surface area (TPSA) is 61.5 Å². The highest BCUT2D eigenvalue weighted by Gasteiger charge is 2.33. The molecule has 0 aliphatic carbocycles. The van der Waals surface area contributed by atoms with E-state index in [1.807, 2.05) is 30.3 Å². The molecule has 0 spiro atoms. The van der Waals surface area contributed by atoms with E-state index in [4.69, 9.17) is 14.8 Å². The van der Waals surface area contributed by atoms with Crippen molar-refractivity contribution in [3.05, 3.63) is 35.9 Å². The normalized spacial score (nSPS) is 13.7. The SMILES string of the molecule is CCOP(=O)(OCC)C(N)c1ccccc1. The second kappa shape index (κ2) is 6.16. The zero-order valence-corrected chi connectivity index (χ0v) is 10.5. The first kappa shape index (κ1) is 13.4. The van der Waals surface area contributed by atoms with Crippen molar-refractivity contribution in [1.82, 2.24) is 0 Å². The summed E-state index contributed by atoms with van der Waals surface area (Å²) in [5.41, 5.74) is 6.69. The molecule has 1 aromatic carbocycles. The van der Waals surface area contributed by atoms with Gasteiger partial charge in [-0.3, -0.25) is 4.57 Å². The highest BCUT2D eigenvalue weighted by Crippen LogP contribution is 2.58. The minimum atomic E-state index is -3.25. The Labute approximate surface area is 96.3 Å². The molecule has 0 saturated carbocycles. The van der Waals surface area contributed by atoms with Crippen molar-refractivity contribution >= 4 is 7.60 Å². The van der Waals surface area contributed by atoms with E-state index < -0.39 is 13.4 Å². The summed E-state index contributed by atoms with van der Waals surface area (Å²) in [6.07, 6.45) is 0. The van der Waals surface area contributed by atoms with Gasteiger partial charge in [-0.05, 0) is 19.4 Å². The number of nitrogens with two attached hydrogens (primary N) is 1. The fourth-order valence-corrected chi connectivity index (χ4v) is 3.04. The molecule has 0 aliphatic heterocycles. The van der Waals surface area contributed by atoms with Crippen LogP contribution in [0.15, 0.2) is 30.3 Å². The minimum Gasteiger partial charge on any atom is -0.314 e. The average molecular weight is 243 g/mol. The van der Waals surface area contributed by atoms with Crippen LogP contribution in [0.25, 0.3) is 0 Å². The molecule has 0 amide bonds. The van der Waals surface area contributed by atoms with Crippen LogP contribution in [-0.4, -0.2) is 13.2 Å². The summed E-state index contributed by atoms with van der Waals surface area (Å²) < 4.78 is 22.7. The highest BCUT2D eigenvalue weighted by atomic mass is 31.2. The predicted molar refractivity (Wildman–Crippen MR) is 64.2 cm³/mol. The van der Waals surface area contributed by atoms with Crippen LogP contribution >= 0.6 is 7.60 Å². The molecule has 0 bridgehead atoms. The first-order chi connectivity index (χ1) is 7.64. The van der Waals surface area contributed by atoms with Crippen molar-refractivity contribution in [3.8, 4) is 0 Å². The van der Waals surface area contributed by atoms with Crippen molar-refractivity contribution in [2.45, 2.75) is 19.6 Å². The molecule has 0 radical (unpaired) electrons. The Kier molecular flexibility index (Phi) is 5.16. The summed E-state index contributed by atoms with van der Waals surface area (Å²) in [6, 6.07) is 9.20. The monoisotopic (exact) mass is 243 g/mol. The number of rotatable bonds is 6. The van der Waals surface area contributed by atoms with Crippen molar-refractivity contribution in [3.63, 3.8) is 0 Å². The second-order valence-electron chi connectivity index (χ2n) is 3.23. The molecule has 2 N–H and O–H groups in total. The zero-order valence-electron chi connectivity index (χ0n) is 9.63. The molecule has 4 nitrogen and oxygen atoms in total. The van der Waals surface area contributed by atoms with E-state index in [1.54, 1.807) is 13.8 Å². The van der Waals surface area contributed by atoms with Crippen LogP contribution in [0.5, 0.6) is 0 Å². The summed E-state index contributed by atoms with van der Waals surface area (Å²) in [5, 5.41) is 0. The molecule has 1 unspecified atom stereocenters. The highest BCUT2D eigenvalue weighted by molar-refractivity contribution is 7.54. The van der Waals surface area contributed by atoms with Gasteiger partial charge >= 0.3 is 7.60 Å². The Morgan fingerprint density at radius 2 is 1.69 bits per heavy atom. The van der Waals surface area contributed by atoms with E-state index in [1.165, 1.54) is 0 Å². The van der Waals surface area contributed by atoms with Gasteiger partial charge in [-0.25, -0.2) is 0 Å². The Balaban J connectivity index is 2.91. The quantitative estimate of drug-likeness (QED) is 0.780. The molecule has 0 heterocycles. The van der Waals surface area contributed by atoms with E-state index in [2.05, 4.69) is 0 Å². The third-order valence-electron chi connectivity index (χ3n) is 2.10. The van der Waals surface area contributed by atoms with Gasteiger partial charge in [0.25, 0.3) is 0 Å². The molecule has 90 valence electrons. The molecule has 1 atom stereocenters. The lowest BCUT2D eigenvalue weighted by molar-refractivity contribution is 0.212. The van der Waals surface area contributed by atoms with Crippen molar-refractivity contribution in [2.24, 2.45) is 5.73 Å². The van der Waals surface area contributed by atoms with Crippen LogP contribution in [-0.2, 0) is 13.6 Å². The van der Waals surface area contributed by atoms with Gasteiger partial charge in [0.1, 0.15) is 5.78 Å². The lowest BCUT2D eigenvalue weighted by Gasteiger charge is -2.23. The molecule has 1 aromatic rings. The third kappa shape index (κ3) is 3.16. The van der Waals surface area contributed by atoms with Gasteiger partial charge in [0.2, 0.25) is 0 Å². The minimum absolute atomic E-state index is 0.317. The largest absolute Gasteiger partial charge is 0.351 e. The maximum absolute atomic E-state index is 12.3. The van der Waals surface area contributed by atoms with E-state index in [0.29, 0.717) is 13.2 Å². The zero-order chi connectivity index (χ0) is 12.0. The van der Waals surface area contributed by atoms with Crippen LogP contribution < -0.4 is 5.73 Å². The maximum atomic E-state index is 12.3. The molecule has 0 fully saturated rings. The standard InChI is InChI=1S/C11H18NO3P/c1-3-14-16(13,15-4-2)11(12)10-8-6-5-7-9-10/h5-9,11H,3-4,12H2,1-2H3. The van der Waals surface area contributed by atoms with Gasteiger partial charge in [-0.1, -0.05) is 30.3 Å². The molecule has 5 heteroatoms. The second-order valence-corrected chi connectivity index (χ2v) is 5.38. The van der Waals surface area contributed by atoms with Crippen LogP contribution in [0.4, 0.5) is 0 Å². The molecule has 0 saturated heterocycles. The van der Waals surface area contributed by atoms with Crippen LogP contribution in [0, 0.1) is 0 Å². The van der Waals surface area contributed by atoms with E-state index in [9.17, 15) is 4.57 Å². The van der Waals surface area contributed by atoms with Crippen LogP contribution in [0.2, 0.25) is 0 Å². The first-order valence-corrected chi connectivity index (χ1v) is 6.94. The van der Waals surface area contributed by atoms with E-state index in [-0.39, 0.29) is 0 Å². The maximum Gasteiger partial charge on any atom is 0.351 e. The van der Waals surface area contributed by atoms with Gasteiger partial charge in [0, 0.05) is 0 Å². The molecular formula is C11H18NO3P. The first-order valence-electron chi connectivity index (χ1n) is 5.33. The summed E-state index contributed by atoms with van der Waals surface area (Å²) in [7, 11) is -3.25. The number of hydrogen-bond donors (Lipinski definition) is 1. The summed E-state index contributed by atoms with van der Waals surface area (Å²) in [4.78, 5) is 0. The van der Waals surface area contributed by atoms with Crippen molar-refractivity contribution in [2.75, 3.05) is 13.2 Å². The van der Waals surface area contributed by atoms with E-state index in [0.717, 1.165) is 5.56 Å². The molecule has 16 heavy (non-hydrogen) atoms. The Bertz CT molecular complexity index is 346. The fraction of sp³-hybridized carbons (Fsp3) is 0.455. The van der Waals surface area contributed by atoms with Crippen LogP contribution in [0.1, 0.15) is 25.2 Å². The van der Waals surface area contributed by atoms with Crippen LogP contribution in [0.3, 0.4) is 0 Å². The van der Waals surface area contributed by atoms with Gasteiger partial charge in [0.15, 0.2) is 0 Å². The molecular weight excluding hydrogens is 225 g/mol. The van der Waals surface area contributed by atoms with E-state index >= 15 is 0 Å².